The highest BCUT2D eigenvalue weighted by Crippen LogP contribution is 2.24. The molecule has 0 bridgehead atoms. The molecule has 1 aliphatic rings. The van der Waals surface area contributed by atoms with Crippen LogP contribution in [0.4, 0.5) is 0 Å². The second-order valence-corrected chi connectivity index (χ2v) is 8.76. The third kappa shape index (κ3) is 6.64. The van der Waals surface area contributed by atoms with Gasteiger partial charge in [-0.2, -0.15) is 0 Å². The van der Waals surface area contributed by atoms with E-state index in [1.54, 1.807) is 0 Å². The number of ether oxygens (including phenoxy) is 1. The first-order chi connectivity index (χ1) is 12.3. The molecule has 146 valence electrons. The normalized spacial score (nSPS) is 16.7. The highest BCUT2D eigenvalue weighted by atomic mass is 16.5. The van der Waals surface area contributed by atoms with Crippen LogP contribution in [0.1, 0.15) is 59.4 Å². The summed E-state index contributed by atoms with van der Waals surface area (Å²) in [6.07, 6.45) is 2.95. The summed E-state index contributed by atoms with van der Waals surface area (Å²) in [4.78, 5) is 14.5. The van der Waals surface area contributed by atoms with Crippen LogP contribution in [0.15, 0.2) is 24.3 Å². The van der Waals surface area contributed by atoms with Crippen molar-refractivity contribution in [2.24, 2.45) is 5.92 Å². The molecule has 1 aromatic rings. The highest BCUT2D eigenvalue weighted by molar-refractivity contribution is 5.78. The van der Waals surface area contributed by atoms with Crippen LogP contribution >= 0.6 is 0 Å². The minimum atomic E-state index is 0.177. The fourth-order valence-electron chi connectivity index (χ4n) is 3.35. The molecule has 0 aliphatic carbocycles. The lowest BCUT2D eigenvalue weighted by Crippen LogP contribution is -2.42. The van der Waals surface area contributed by atoms with Crippen molar-refractivity contribution in [1.82, 2.24) is 10.2 Å². The molecule has 1 N–H and O–H groups in total. The third-order valence-electron chi connectivity index (χ3n) is 5.00. The molecular weight excluding hydrogens is 324 g/mol. The lowest BCUT2D eigenvalue weighted by atomic mass is 9.87. The first-order valence-corrected chi connectivity index (χ1v) is 10.0. The summed E-state index contributed by atoms with van der Waals surface area (Å²) in [6, 6.07) is 8.68. The van der Waals surface area contributed by atoms with E-state index in [9.17, 15) is 4.79 Å². The molecule has 1 aromatic carbocycles. The Labute approximate surface area is 159 Å². The summed E-state index contributed by atoms with van der Waals surface area (Å²) < 4.78 is 5.88. The smallest absolute Gasteiger partial charge is 0.223 e. The van der Waals surface area contributed by atoms with Crippen molar-refractivity contribution in [2.75, 3.05) is 26.2 Å². The van der Waals surface area contributed by atoms with E-state index >= 15 is 0 Å². The van der Waals surface area contributed by atoms with E-state index in [0.717, 1.165) is 51.3 Å². The van der Waals surface area contributed by atoms with Crippen molar-refractivity contribution in [3.05, 3.63) is 29.8 Å². The number of nitrogens with zero attached hydrogens (tertiary/aromatic N) is 1. The van der Waals surface area contributed by atoms with E-state index in [1.807, 2.05) is 13.8 Å². The molecule has 0 aromatic heterocycles. The number of carbonyl (C=O) groups excluding carboxylic acids is 1. The Morgan fingerprint density at radius 2 is 1.81 bits per heavy atom. The molecule has 0 spiro atoms. The van der Waals surface area contributed by atoms with Crippen LogP contribution in [0, 0.1) is 5.92 Å². The molecule has 1 saturated heterocycles. The standard InChI is InChI=1S/C22H36N2O2/c1-17(2)23-21(25)18-11-14-24(15-12-18)13-6-16-26-20-9-7-19(8-10-20)22(3,4)5/h7-10,17-18H,6,11-16H2,1-5H3,(H,23,25). The molecule has 2 rings (SSSR count). The number of hydrogen-bond donors (Lipinski definition) is 1. The fraction of sp³-hybridized carbons (Fsp3) is 0.682. The van der Waals surface area contributed by atoms with E-state index in [1.165, 1.54) is 5.56 Å². The molecule has 0 radical (unpaired) electrons. The van der Waals surface area contributed by atoms with Gasteiger partial charge in [-0.3, -0.25) is 4.79 Å². The number of nitrogens with one attached hydrogen (secondary N) is 1. The zero-order valence-corrected chi connectivity index (χ0v) is 17.2. The van der Waals surface area contributed by atoms with Gasteiger partial charge in [0.05, 0.1) is 6.61 Å². The van der Waals surface area contributed by atoms with Crippen LogP contribution in [-0.2, 0) is 10.2 Å². The number of piperidine rings is 1. The van der Waals surface area contributed by atoms with Gasteiger partial charge in [-0.1, -0.05) is 32.9 Å². The topological polar surface area (TPSA) is 41.6 Å². The van der Waals surface area contributed by atoms with Crippen molar-refractivity contribution in [2.45, 2.75) is 65.3 Å². The van der Waals surface area contributed by atoms with Crippen LogP contribution < -0.4 is 10.1 Å². The number of amides is 1. The molecule has 1 aliphatic heterocycles. The highest BCUT2D eigenvalue weighted by Gasteiger charge is 2.24. The predicted octanol–water partition coefficient (Wildman–Crippen LogP) is 3.99. The summed E-state index contributed by atoms with van der Waals surface area (Å²) in [6.45, 7) is 14.5. The van der Waals surface area contributed by atoms with Gasteiger partial charge in [0.25, 0.3) is 0 Å². The van der Waals surface area contributed by atoms with Gasteiger partial charge in [-0.05, 0) is 69.3 Å². The van der Waals surface area contributed by atoms with Gasteiger partial charge in [0.15, 0.2) is 0 Å². The molecular formula is C22H36N2O2. The van der Waals surface area contributed by atoms with Crippen LogP contribution in [0.2, 0.25) is 0 Å². The van der Waals surface area contributed by atoms with Gasteiger partial charge >= 0.3 is 0 Å². The monoisotopic (exact) mass is 360 g/mol. The zero-order chi connectivity index (χ0) is 19.2. The molecule has 0 atom stereocenters. The Balaban J connectivity index is 1.63. The van der Waals surface area contributed by atoms with Gasteiger partial charge in [0.1, 0.15) is 5.75 Å². The molecule has 0 unspecified atom stereocenters. The lowest BCUT2D eigenvalue weighted by molar-refractivity contribution is -0.126. The lowest BCUT2D eigenvalue weighted by Gasteiger charge is -2.31. The predicted molar refractivity (Wildman–Crippen MR) is 108 cm³/mol. The molecule has 4 heteroatoms. The van der Waals surface area contributed by atoms with Crippen molar-refractivity contribution in [3.8, 4) is 5.75 Å². The van der Waals surface area contributed by atoms with Gasteiger partial charge in [-0.25, -0.2) is 0 Å². The number of carbonyl (C=O) groups is 1. The largest absolute Gasteiger partial charge is 0.494 e. The number of benzene rings is 1. The van der Waals surface area contributed by atoms with Crippen LogP contribution in [-0.4, -0.2) is 43.1 Å². The summed E-state index contributed by atoms with van der Waals surface area (Å²) in [7, 11) is 0. The Kier molecular flexibility index (Phi) is 7.51. The van der Waals surface area contributed by atoms with E-state index in [-0.39, 0.29) is 23.3 Å². The van der Waals surface area contributed by atoms with E-state index in [4.69, 9.17) is 4.74 Å². The summed E-state index contributed by atoms with van der Waals surface area (Å²) in [5.74, 6) is 1.36. The van der Waals surface area contributed by atoms with Gasteiger partial charge in [0.2, 0.25) is 5.91 Å². The van der Waals surface area contributed by atoms with Crippen molar-refractivity contribution in [1.29, 1.82) is 0 Å². The Morgan fingerprint density at radius 3 is 2.35 bits per heavy atom. The van der Waals surface area contributed by atoms with E-state index in [2.05, 4.69) is 55.3 Å². The average Bonchev–Trinajstić information content (AvgIpc) is 2.58. The summed E-state index contributed by atoms with van der Waals surface area (Å²) >= 11 is 0. The molecule has 1 amide bonds. The summed E-state index contributed by atoms with van der Waals surface area (Å²) in [5.41, 5.74) is 1.51. The minimum absolute atomic E-state index is 0.177. The van der Waals surface area contributed by atoms with Crippen molar-refractivity contribution >= 4 is 5.91 Å². The Hall–Kier alpha value is -1.55. The Morgan fingerprint density at radius 1 is 1.19 bits per heavy atom. The maximum atomic E-state index is 12.1. The first kappa shape index (κ1) is 20.8. The number of likely N-dealkylation sites (tertiary alicyclic amines) is 1. The molecule has 1 fully saturated rings. The average molecular weight is 361 g/mol. The molecule has 1 heterocycles. The van der Waals surface area contributed by atoms with Crippen molar-refractivity contribution < 1.29 is 9.53 Å². The van der Waals surface area contributed by atoms with Gasteiger partial charge in [-0.15, -0.1) is 0 Å². The second-order valence-electron chi connectivity index (χ2n) is 8.76. The quantitative estimate of drug-likeness (QED) is 0.748. The maximum absolute atomic E-state index is 12.1. The minimum Gasteiger partial charge on any atom is -0.494 e. The maximum Gasteiger partial charge on any atom is 0.223 e. The summed E-state index contributed by atoms with van der Waals surface area (Å²) in [5, 5.41) is 3.03. The van der Waals surface area contributed by atoms with Gasteiger partial charge in [0, 0.05) is 18.5 Å². The zero-order valence-electron chi connectivity index (χ0n) is 17.2. The fourth-order valence-corrected chi connectivity index (χ4v) is 3.35. The van der Waals surface area contributed by atoms with Crippen LogP contribution in [0.25, 0.3) is 0 Å². The van der Waals surface area contributed by atoms with Gasteiger partial charge < -0.3 is 15.0 Å². The van der Waals surface area contributed by atoms with Crippen LogP contribution in [0.5, 0.6) is 5.75 Å². The molecule has 4 nitrogen and oxygen atoms in total. The number of rotatable bonds is 7. The second kappa shape index (κ2) is 9.40. The van der Waals surface area contributed by atoms with E-state index < -0.39 is 0 Å². The van der Waals surface area contributed by atoms with Crippen molar-refractivity contribution in [3.63, 3.8) is 0 Å². The molecule has 26 heavy (non-hydrogen) atoms. The Bertz CT molecular complexity index is 553. The third-order valence-corrected chi connectivity index (χ3v) is 5.00. The SMILES string of the molecule is CC(C)NC(=O)C1CCN(CCCOc2ccc(C(C)(C)C)cc2)CC1. The van der Waals surface area contributed by atoms with E-state index in [0.29, 0.717) is 0 Å². The molecule has 0 saturated carbocycles. The number of hydrogen-bond acceptors (Lipinski definition) is 3. The van der Waals surface area contributed by atoms with Crippen LogP contribution in [0.3, 0.4) is 0 Å². The first-order valence-electron chi connectivity index (χ1n) is 10.0.